The number of aliphatic hydroxyl groups is 1. The standard InChI is InChI=1S/C13H17N5O2/c1-7-14-8(2)18(17-7)12-5-11(10-4-9(10)6-19)15-13(16-12)20-3/h5,9-10,19H,4,6H2,1-3H3. The predicted octanol–water partition coefficient (Wildman–Crippen LogP) is 0.779. The molecule has 1 fully saturated rings. The van der Waals surface area contributed by atoms with E-state index in [1.807, 2.05) is 19.9 Å². The van der Waals surface area contributed by atoms with Crippen molar-refractivity contribution in [2.24, 2.45) is 5.92 Å². The highest BCUT2D eigenvalue weighted by atomic mass is 16.5. The van der Waals surface area contributed by atoms with Gasteiger partial charge in [-0.05, 0) is 26.2 Å². The zero-order valence-electron chi connectivity index (χ0n) is 11.7. The fraction of sp³-hybridized carbons (Fsp3) is 0.538. The Morgan fingerprint density at radius 3 is 2.70 bits per heavy atom. The molecule has 0 aromatic carbocycles. The molecule has 1 aliphatic carbocycles. The number of rotatable bonds is 4. The fourth-order valence-corrected chi connectivity index (χ4v) is 2.37. The first-order valence-electron chi connectivity index (χ1n) is 6.57. The minimum absolute atomic E-state index is 0.188. The summed E-state index contributed by atoms with van der Waals surface area (Å²) in [6.45, 7) is 3.90. The molecule has 2 atom stereocenters. The second-order valence-electron chi connectivity index (χ2n) is 5.04. The molecular weight excluding hydrogens is 258 g/mol. The van der Waals surface area contributed by atoms with Crippen LogP contribution in [0.3, 0.4) is 0 Å². The lowest BCUT2D eigenvalue weighted by molar-refractivity contribution is 0.273. The number of hydrogen-bond donors (Lipinski definition) is 1. The quantitative estimate of drug-likeness (QED) is 0.887. The van der Waals surface area contributed by atoms with Crippen LogP contribution >= 0.6 is 0 Å². The van der Waals surface area contributed by atoms with Crippen molar-refractivity contribution in [3.05, 3.63) is 23.4 Å². The Bertz CT molecular complexity index is 640. The Hall–Kier alpha value is -2.02. The smallest absolute Gasteiger partial charge is 0.318 e. The predicted molar refractivity (Wildman–Crippen MR) is 70.9 cm³/mol. The maximum atomic E-state index is 9.20. The van der Waals surface area contributed by atoms with Gasteiger partial charge in [0, 0.05) is 18.6 Å². The molecule has 0 spiro atoms. The molecule has 2 heterocycles. The second-order valence-corrected chi connectivity index (χ2v) is 5.04. The van der Waals surface area contributed by atoms with Gasteiger partial charge < -0.3 is 9.84 Å². The SMILES string of the molecule is COc1nc(C2CC2CO)cc(-n2nc(C)nc2C)n1. The highest BCUT2D eigenvalue weighted by Gasteiger charge is 2.39. The van der Waals surface area contributed by atoms with Gasteiger partial charge >= 0.3 is 6.01 Å². The van der Waals surface area contributed by atoms with Crippen LogP contribution in [0.4, 0.5) is 0 Å². The van der Waals surface area contributed by atoms with Crippen molar-refractivity contribution in [3.8, 4) is 11.8 Å². The molecule has 0 radical (unpaired) electrons. The van der Waals surface area contributed by atoms with Gasteiger partial charge in [0.2, 0.25) is 0 Å². The van der Waals surface area contributed by atoms with E-state index in [1.165, 1.54) is 0 Å². The topological polar surface area (TPSA) is 86.0 Å². The molecule has 2 aromatic heterocycles. The van der Waals surface area contributed by atoms with Gasteiger partial charge in [0.25, 0.3) is 0 Å². The van der Waals surface area contributed by atoms with Crippen molar-refractivity contribution in [2.75, 3.05) is 13.7 Å². The first-order chi connectivity index (χ1) is 9.62. The van der Waals surface area contributed by atoms with E-state index >= 15 is 0 Å². The Morgan fingerprint density at radius 2 is 2.15 bits per heavy atom. The summed E-state index contributed by atoms with van der Waals surface area (Å²) in [5, 5.41) is 13.5. The Morgan fingerprint density at radius 1 is 1.35 bits per heavy atom. The highest BCUT2D eigenvalue weighted by molar-refractivity contribution is 5.31. The molecule has 3 rings (SSSR count). The van der Waals surface area contributed by atoms with E-state index in [9.17, 15) is 5.11 Å². The number of aliphatic hydroxyl groups excluding tert-OH is 1. The molecular formula is C13H17N5O2. The zero-order chi connectivity index (χ0) is 14.3. The molecule has 106 valence electrons. The third kappa shape index (κ3) is 2.24. The van der Waals surface area contributed by atoms with Crippen LogP contribution in [0.5, 0.6) is 6.01 Å². The first-order valence-corrected chi connectivity index (χ1v) is 6.57. The number of hydrogen-bond acceptors (Lipinski definition) is 6. The summed E-state index contributed by atoms with van der Waals surface area (Å²) < 4.78 is 6.84. The lowest BCUT2D eigenvalue weighted by Crippen LogP contribution is -2.07. The van der Waals surface area contributed by atoms with Gasteiger partial charge in [0.1, 0.15) is 11.6 Å². The summed E-state index contributed by atoms with van der Waals surface area (Å²) in [6, 6.07) is 2.21. The number of nitrogens with zero attached hydrogens (tertiary/aromatic N) is 5. The van der Waals surface area contributed by atoms with Gasteiger partial charge in [0.15, 0.2) is 5.82 Å². The fourth-order valence-electron chi connectivity index (χ4n) is 2.37. The molecule has 1 saturated carbocycles. The monoisotopic (exact) mass is 275 g/mol. The van der Waals surface area contributed by atoms with Crippen LogP contribution in [0, 0.1) is 19.8 Å². The van der Waals surface area contributed by atoms with Gasteiger partial charge in [-0.2, -0.15) is 14.6 Å². The minimum Gasteiger partial charge on any atom is -0.467 e. The Labute approximate surface area is 116 Å². The van der Waals surface area contributed by atoms with Crippen LogP contribution in [-0.4, -0.2) is 43.6 Å². The molecule has 2 aromatic rings. The van der Waals surface area contributed by atoms with Crippen molar-refractivity contribution >= 4 is 0 Å². The van der Waals surface area contributed by atoms with E-state index in [4.69, 9.17) is 4.74 Å². The number of aromatic nitrogens is 5. The van der Waals surface area contributed by atoms with Crippen LogP contribution in [0.15, 0.2) is 6.07 Å². The molecule has 20 heavy (non-hydrogen) atoms. The maximum Gasteiger partial charge on any atom is 0.318 e. The third-order valence-electron chi connectivity index (χ3n) is 3.52. The summed E-state index contributed by atoms with van der Waals surface area (Å²) in [6.07, 6.45) is 0.950. The van der Waals surface area contributed by atoms with Crippen LogP contribution in [0.25, 0.3) is 5.82 Å². The van der Waals surface area contributed by atoms with E-state index in [0.29, 0.717) is 23.6 Å². The van der Waals surface area contributed by atoms with Crippen LogP contribution in [0.2, 0.25) is 0 Å². The van der Waals surface area contributed by atoms with E-state index in [-0.39, 0.29) is 12.5 Å². The molecule has 0 saturated heterocycles. The maximum absolute atomic E-state index is 9.20. The molecule has 1 N–H and O–H groups in total. The molecule has 0 bridgehead atoms. The van der Waals surface area contributed by atoms with Crippen molar-refractivity contribution < 1.29 is 9.84 Å². The van der Waals surface area contributed by atoms with Gasteiger partial charge in [-0.3, -0.25) is 0 Å². The zero-order valence-corrected chi connectivity index (χ0v) is 11.7. The average molecular weight is 275 g/mol. The first kappa shape index (κ1) is 13.0. The van der Waals surface area contributed by atoms with E-state index in [0.717, 1.165) is 17.9 Å². The Balaban J connectivity index is 2.02. The summed E-state index contributed by atoms with van der Waals surface area (Å²) in [5.74, 6) is 2.68. The minimum atomic E-state index is 0.188. The molecule has 7 nitrogen and oxygen atoms in total. The normalized spacial score (nSPS) is 21.0. The molecule has 0 amide bonds. The van der Waals surface area contributed by atoms with Crippen molar-refractivity contribution in [1.29, 1.82) is 0 Å². The average Bonchev–Trinajstić information content (AvgIpc) is 3.16. The molecule has 7 heteroatoms. The largest absolute Gasteiger partial charge is 0.467 e. The van der Waals surface area contributed by atoms with Crippen LogP contribution in [0.1, 0.15) is 29.7 Å². The van der Waals surface area contributed by atoms with E-state index in [1.54, 1.807) is 11.8 Å². The van der Waals surface area contributed by atoms with Crippen LogP contribution in [-0.2, 0) is 0 Å². The number of ether oxygens (including phenoxy) is 1. The van der Waals surface area contributed by atoms with Crippen LogP contribution < -0.4 is 4.74 Å². The second kappa shape index (κ2) is 4.82. The van der Waals surface area contributed by atoms with E-state index in [2.05, 4.69) is 20.1 Å². The summed E-state index contributed by atoms with van der Waals surface area (Å²) in [5.41, 5.74) is 0.887. The molecule has 0 aliphatic heterocycles. The van der Waals surface area contributed by atoms with Gasteiger partial charge in [0.05, 0.1) is 12.8 Å². The Kier molecular flexibility index (Phi) is 3.13. The summed E-state index contributed by atoms with van der Waals surface area (Å²) in [7, 11) is 1.54. The highest BCUT2D eigenvalue weighted by Crippen LogP contribution is 2.46. The lowest BCUT2D eigenvalue weighted by atomic mass is 10.2. The van der Waals surface area contributed by atoms with Crippen molar-refractivity contribution in [2.45, 2.75) is 26.2 Å². The van der Waals surface area contributed by atoms with Gasteiger partial charge in [-0.15, -0.1) is 5.10 Å². The summed E-state index contributed by atoms with van der Waals surface area (Å²) >= 11 is 0. The third-order valence-corrected chi connectivity index (χ3v) is 3.52. The number of methoxy groups -OCH3 is 1. The molecule has 1 aliphatic rings. The lowest BCUT2D eigenvalue weighted by Gasteiger charge is -2.07. The van der Waals surface area contributed by atoms with Crippen molar-refractivity contribution in [1.82, 2.24) is 24.7 Å². The molecule has 2 unspecified atom stereocenters. The van der Waals surface area contributed by atoms with Gasteiger partial charge in [-0.25, -0.2) is 4.98 Å². The van der Waals surface area contributed by atoms with E-state index < -0.39 is 0 Å². The van der Waals surface area contributed by atoms with Gasteiger partial charge in [-0.1, -0.05) is 0 Å². The van der Waals surface area contributed by atoms with Crippen molar-refractivity contribution in [3.63, 3.8) is 0 Å². The number of aryl methyl sites for hydroxylation is 2. The summed E-state index contributed by atoms with van der Waals surface area (Å²) in [4.78, 5) is 13.0.